The van der Waals surface area contributed by atoms with Gasteiger partial charge in [-0.15, -0.1) is 0 Å². The third-order valence-corrected chi connectivity index (χ3v) is 2.16. The predicted molar refractivity (Wildman–Crippen MR) is 56.7 cm³/mol. The van der Waals surface area contributed by atoms with Gasteiger partial charge in [0.25, 0.3) is 0 Å². The fourth-order valence-electron chi connectivity index (χ4n) is 1.10. The van der Waals surface area contributed by atoms with Gasteiger partial charge in [-0.2, -0.15) is 0 Å². The highest BCUT2D eigenvalue weighted by Gasteiger charge is 2.35. The van der Waals surface area contributed by atoms with Gasteiger partial charge in [-0.25, -0.2) is 0 Å². The van der Waals surface area contributed by atoms with E-state index in [1.54, 1.807) is 13.8 Å². The highest BCUT2D eigenvalue weighted by atomic mass is 16.5. The minimum atomic E-state index is -1.26. The summed E-state index contributed by atoms with van der Waals surface area (Å²) in [4.78, 5) is 33.4. The van der Waals surface area contributed by atoms with E-state index in [4.69, 9.17) is 9.47 Å². The van der Waals surface area contributed by atoms with E-state index in [0.717, 1.165) is 0 Å². The van der Waals surface area contributed by atoms with Crippen molar-refractivity contribution in [3.8, 4) is 0 Å². The molecule has 0 aromatic heterocycles. The quantitative estimate of drug-likeness (QED) is 0.372. The molecule has 0 saturated carbocycles. The lowest BCUT2D eigenvalue weighted by Crippen LogP contribution is -2.32. The number of hydrogen-bond donors (Lipinski definition) is 0. The predicted octanol–water partition coefficient (Wildman–Crippen LogP) is 1.10. The minimum absolute atomic E-state index is 0.0297. The largest absolute Gasteiger partial charge is 0.466 e. The Labute approximate surface area is 95.1 Å². The molecule has 1 unspecified atom stereocenters. The van der Waals surface area contributed by atoms with Gasteiger partial charge in [0.05, 0.1) is 13.2 Å². The van der Waals surface area contributed by atoms with Crippen LogP contribution in [0.1, 0.15) is 33.6 Å². The molecule has 0 radical (unpaired) electrons. The van der Waals surface area contributed by atoms with Crippen molar-refractivity contribution in [2.75, 3.05) is 13.2 Å². The highest BCUT2D eigenvalue weighted by Crippen LogP contribution is 2.22. The van der Waals surface area contributed by atoms with Crippen molar-refractivity contribution in [1.29, 1.82) is 0 Å². The van der Waals surface area contributed by atoms with Crippen LogP contribution in [0.5, 0.6) is 0 Å². The fourth-order valence-corrected chi connectivity index (χ4v) is 1.10. The molecule has 0 bridgehead atoms. The van der Waals surface area contributed by atoms with Crippen LogP contribution in [-0.4, -0.2) is 31.4 Å². The summed E-state index contributed by atoms with van der Waals surface area (Å²) in [6.07, 6.45) is 0.653. The Balaban J connectivity index is 4.31. The summed E-state index contributed by atoms with van der Waals surface area (Å²) >= 11 is 0. The zero-order valence-corrected chi connectivity index (χ0v) is 9.95. The van der Waals surface area contributed by atoms with Gasteiger partial charge in [0.15, 0.2) is 0 Å². The molecule has 16 heavy (non-hydrogen) atoms. The van der Waals surface area contributed by atoms with Crippen molar-refractivity contribution in [2.45, 2.75) is 33.6 Å². The molecule has 92 valence electrons. The fraction of sp³-hybridized carbons (Fsp3) is 0.727. The van der Waals surface area contributed by atoms with E-state index in [0.29, 0.717) is 6.29 Å². The van der Waals surface area contributed by atoms with Gasteiger partial charge >= 0.3 is 11.9 Å². The van der Waals surface area contributed by atoms with E-state index < -0.39 is 17.4 Å². The van der Waals surface area contributed by atoms with Crippen molar-refractivity contribution in [1.82, 2.24) is 0 Å². The molecule has 5 heteroatoms. The monoisotopic (exact) mass is 230 g/mol. The van der Waals surface area contributed by atoms with Crippen LogP contribution in [0.4, 0.5) is 0 Å². The SMILES string of the molecule is CCOC(=O)CCC(C)(C=O)C(=O)OCC. The molecule has 0 aliphatic carbocycles. The maximum Gasteiger partial charge on any atom is 0.319 e. The van der Waals surface area contributed by atoms with E-state index >= 15 is 0 Å². The van der Waals surface area contributed by atoms with Crippen molar-refractivity contribution >= 4 is 18.2 Å². The Morgan fingerprint density at radius 2 is 1.75 bits per heavy atom. The topological polar surface area (TPSA) is 69.7 Å². The molecule has 0 aromatic carbocycles. The molecule has 0 fully saturated rings. The number of carbonyl (C=O) groups excluding carboxylic acids is 3. The second-order valence-corrected chi connectivity index (χ2v) is 3.56. The summed E-state index contributed by atoms with van der Waals surface area (Å²) < 4.78 is 9.48. The molecule has 0 aliphatic heterocycles. The van der Waals surface area contributed by atoms with Crippen LogP contribution in [-0.2, 0) is 23.9 Å². The van der Waals surface area contributed by atoms with Crippen LogP contribution in [0, 0.1) is 5.41 Å². The average molecular weight is 230 g/mol. The van der Waals surface area contributed by atoms with Crippen molar-refractivity contribution in [2.24, 2.45) is 5.41 Å². The number of ether oxygens (including phenoxy) is 2. The number of hydrogen-bond acceptors (Lipinski definition) is 5. The van der Waals surface area contributed by atoms with Gasteiger partial charge in [-0.1, -0.05) is 0 Å². The highest BCUT2D eigenvalue weighted by molar-refractivity contribution is 5.93. The summed E-state index contributed by atoms with van der Waals surface area (Å²) in [7, 11) is 0. The summed E-state index contributed by atoms with van der Waals surface area (Å²) in [6, 6.07) is 0. The Morgan fingerprint density at radius 3 is 2.19 bits per heavy atom. The summed E-state index contributed by atoms with van der Waals surface area (Å²) in [5.74, 6) is -1.02. The second kappa shape index (κ2) is 6.98. The van der Waals surface area contributed by atoms with Crippen LogP contribution in [0.15, 0.2) is 0 Å². The molecular formula is C11H18O5. The van der Waals surface area contributed by atoms with Gasteiger partial charge in [-0.05, 0) is 27.2 Å². The van der Waals surface area contributed by atoms with E-state index in [1.807, 2.05) is 0 Å². The summed E-state index contributed by atoms with van der Waals surface area (Å²) in [5, 5.41) is 0. The molecule has 0 aromatic rings. The van der Waals surface area contributed by atoms with Crippen LogP contribution in [0.25, 0.3) is 0 Å². The Morgan fingerprint density at radius 1 is 1.19 bits per heavy atom. The first-order valence-corrected chi connectivity index (χ1v) is 5.29. The zero-order valence-electron chi connectivity index (χ0n) is 9.95. The third-order valence-electron chi connectivity index (χ3n) is 2.16. The van der Waals surface area contributed by atoms with Gasteiger partial charge in [0, 0.05) is 6.42 Å². The lowest BCUT2D eigenvalue weighted by atomic mass is 9.87. The molecule has 1 atom stereocenters. The normalized spacial score (nSPS) is 13.7. The number of aldehydes is 1. The molecule has 0 rings (SSSR count). The molecule has 0 amide bonds. The average Bonchev–Trinajstić information content (AvgIpc) is 2.26. The first kappa shape index (κ1) is 14.6. The smallest absolute Gasteiger partial charge is 0.319 e. The number of rotatable bonds is 7. The molecule has 0 N–H and O–H groups in total. The first-order valence-electron chi connectivity index (χ1n) is 5.29. The first-order chi connectivity index (χ1) is 7.50. The number of esters is 2. The molecule has 0 saturated heterocycles. The maximum absolute atomic E-state index is 11.5. The van der Waals surface area contributed by atoms with Crippen molar-refractivity contribution in [3.05, 3.63) is 0 Å². The molecule has 0 aliphatic rings. The number of carbonyl (C=O) groups is 3. The summed E-state index contributed by atoms with van der Waals surface area (Å²) in [5.41, 5.74) is -1.26. The summed E-state index contributed by atoms with van der Waals surface area (Å²) in [6.45, 7) is 5.31. The van der Waals surface area contributed by atoms with Crippen LogP contribution in [0.2, 0.25) is 0 Å². The van der Waals surface area contributed by atoms with E-state index in [2.05, 4.69) is 0 Å². The van der Waals surface area contributed by atoms with Crippen molar-refractivity contribution < 1.29 is 23.9 Å². The van der Waals surface area contributed by atoms with E-state index in [1.165, 1.54) is 6.92 Å². The lowest BCUT2D eigenvalue weighted by molar-refractivity contribution is -0.157. The van der Waals surface area contributed by atoms with Crippen LogP contribution in [0.3, 0.4) is 0 Å². The Hall–Kier alpha value is -1.39. The third kappa shape index (κ3) is 4.42. The van der Waals surface area contributed by atoms with E-state index in [-0.39, 0.29) is 26.1 Å². The van der Waals surface area contributed by atoms with Crippen LogP contribution < -0.4 is 0 Å². The molecule has 0 heterocycles. The van der Waals surface area contributed by atoms with Gasteiger partial charge in [0.2, 0.25) is 0 Å². The standard InChI is InChI=1S/C11H18O5/c1-4-15-9(13)6-7-11(3,8-12)10(14)16-5-2/h8H,4-7H2,1-3H3. The Bertz CT molecular complexity index is 261. The van der Waals surface area contributed by atoms with Crippen LogP contribution >= 0.6 is 0 Å². The van der Waals surface area contributed by atoms with Gasteiger partial charge in [-0.3, -0.25) is 9.59 Å². The second-order valence-electron chi connectivity index (χ2n) is 3.56. The molecule has 0 spiro atoms. The molecular weight excluding hydrogens is 212 g/mol. The minimum Gasteiger partial charge on any atom is -0.466 e. The van der Waals surface area contributed by atoms with Gasteiger partial charge < -0.3 is 14.3 Å². The zero-order chi connectivity index (χ0) is 12.6. The maximum atomic E-state index is 11.5. The van der Waals surface area contributed by atoms with E-state index in [9.17, 15) is 14.4 Å². The van der Waals surface area contributed by atoms with Crippen molar-refractivity contribution in [3.63, 3.8) is 0 Å². The lowest BCUT2D eigenvalue weighted by Gasteiger charge is -2.19. The van der Waals surface area contributed by atoms with Gasteiger partial charge in [0.1, 0.15) is 11.7 Å². The molecule has 5 nitrogen and oxygen atoms in total. The Kier molecular flexibility index (Phi) is 6.37.